The molecule has 0 saturated heterocycles. The predicted molar refractivity (Wildman–Crippen MR) is 154 cm³/mol. The number of halogens is 1. The molecule has 0 radical (unpaired) electrons. The normalized spacial score (nSPS) is 10.8. The van der Waals surface area contributed by atoms with Crippen LogP contribution in [0.5, 0.6) is 0 Å². The van der Waals surface area contributed by atoms with Crippen molar-refractivity contribution in [1.29, 1.82) is 0 Å². The van der Waals surface area contributed by atoms with Crippen LogP contribution in [0.1, 0.15) is 27.6 Å². The summed E-state index contributed by atoms with van der Waals surface area (Å²) < 4.78 is 2.63. The number of thioether (sulfide) groups is 1. The SMILES string of the molecule is Cc1cc(C)nc(SCc2c(C(=O)Nc3ccc(Nc4ccccc4)cc3)nnn2-c2ccc(Br)cc2)n1. The number of nitrogens with one attached hydrogen (secondary N) is 2. The van der Waals surface area contributed by atoms with Gasteiger partial charge < -0.3 is 10.6 Å². The molecule has 2 aromatic heterocycles. The van der Waals surface area contributed by atoms with Gasteiger partial charge in [0.1, 0.15) is 0 Å². The number of carbonyl (C=O) groups is 1. The van der Waals surface area contributed by atoms with E-state index in [2.05, 4.69) is 46.8 Å². The molecular weight excluding hydrogens is 562 g/mol. The fourth-order valence-electron chi connectivity index (χ4n) is 3.80. The molecule has 38 heavy (non-hydrogen) atoms. The summed E-state index contributed by atoms with van der Waals surface area (Å²) in [6.45, 7) is 3.87. The van der Waals surface area contributed by atoms with E-state index in [-0.39, 0.29) is 11.6 Å². The molecule has 0 saturated carbocycles. The van der Waals surface area contributed by atoms with E-state index in [0.29, 0.717) is 22.3 Å². The Hall–Kier alpha value is -4.02. The molecule has 5 rings (SSSR count). The molecule has 5 aromatic rings. The first-order valence-corrected chi connectivity index (χ1v) is 13.6. The summed E-state index contributed by atoms with van der Waals surface area (Å²) in [7, 11) is 0. The molecule has 0 aliphatic rings. The number of rotatable bonds is 8. The van der Waals surface area contributed by atoms with Crippen molar-refractivity contribution in [2.75, 3.05) is 10.6 Å². The van der Waals surface area contributed by atoms with Crippen molar-refractivity contribution in [3.63, 3.8) is 0 Å². The highest BCUT2D eigenvalue weighted by atomic mass is 79.9. The van der Waals surface area contributed by atoms with Crippen LogP contribution in [0.2, 0.25) is 0 Å². The topological polar surface area (TPSA) is 97.6 Å². The summed E-state index contributed by atoms with van der Waals surface area (Å²) in [5.74, 6) is 0.0725. The lowest BCUT2D eigenvalue weighted by atomic mass is 10.2. The predicted octanol–water partition coefficient (Wildman–Crippen LogP) is 6.72. The molecule has 1 amide bonds. The third-order valence-electron chi connectivity index (χ3n) is 5.55. The first kappa shape index (κ1) is 25.6. The lowest BCUT2D eigenvalue weighted by Gasteiger charge is -2.10. The summed E-state index contributed by atoms with van der Waals surface area (Å²) in [4.78, 5) is 22.4. The van der Waals surface area contributed by atoms with Gasteiger partial charge in [0.15, 0.2) is 10.9 Å². The minimum atomic E-state index is -0.339. The Morgan fingerprint density at radius 2 is 1.50 bits per heavy atom. The maximum Gasteiger partial charge on any atom is 0.278 e. The average Bonchev–Trinajstić information content (AvgIpc) is 3.33. The van der Waals surface area contributed by atoms with Crippen molar-refractivity contribution in [3.05, 3.63) is 112 Å². The maximum absolute atomic E-state index is 13.3. The third-order valence-corrected chi connectivity index (χ3v) is 6.94. The zero-order valence-corrected chi connectivity index (χ0v) is 23.1. The average molecular weight is 587 g/mol. The zero-order valence-electron chi connectivity index (χ0n) is 20.7. The van der Waals surface area contributed by atoms with E-state index in [1.807, 2.05) is 98.8 Å². The third kappa shape index (κ3) is 6.27. The Kier molecular flexibility index (Phi) is 7.81. The highest BCUT2D eigenvalue weighted by Gasteiger charge is 2.22. The number of amides is 1. The molecule has 2 heterocycles. The monoisotopic (exact) mass is 585 g/mol. The van der Waals surface area contributed by atoms with Crippen molar-refractivity contribution in [2.24, 2.45) is 0 Å². The van der Waals surface area contributed by atoms with E-state index in [9.17, 15) is 4.79 Å². The van der Waals surface area contributed by atoms with Gasteiger partial charge in [-0.1, -0.05) is 51.1 Å². The van der Waals surface area contributed by atoms with Crippen LogP contribution in [-0.4, -0.2) is 30.9 Å². The number of nitrogens with zero attached hydrogens (tertiary/aromatic N) is 5. The van der Waals surface area contributed by atoms with Crippen LogP contribution in [0.3, 0.4) is 0 Å². The number of aryl methyl sites for hydroxylation is 2. The van der Waals surface area contributed by atoms with Crippen molar-refractivity contribution < 1.29 is 4.79 Å². The number of anilines is 3. The fourth-order valence-corrected chi connectivity index (χ4v) is 5.01. The van der Waals surface area contributed by atoms with E-state index in [4.69, 9.17) is 0 Å². The molecule has 0 atom stereocenters. The van der Waals surface area contributed by atoms with Gasteiger partial charge in [-0.2, -0.15) is 0 Å². The number of carbonyl (C=O) groups excluding carboxylic acids is 1. The number of benzene rings is 3. The largest absolute Gasteiger partial charge is 0.356 e. The molecule has 0 unspecified atom stereocenters. The standard InChI is InChI=1S/C28H24BrN7OS/c1-18-16-19(2)31-28(30-18)38-17-25-26(34-35-36(25)24-14-8-20(29)9-15-24)27(37)33-23-12-10-22(11-13-23)32-21-6-4-3-5-7-21/h3-16,32H,17H2,1-2H3,(H,33,37). The Morgan fingerprint density at radius 1 is 0.868 bits per heavy atom. The highest BCUT2D eigenvalue weighted by Crippen LogP contribution is 2.25. The Morgan fingerprint density at radius 3 is 2.18 bits per heavy atom. The molecule has 2 N–H and O–H groups in total. The molecule has 0 spiro atoms. The van der Waals surface area contributed by atoms with Gasteiger partial charge in [0.25, 0.3) is 5.91 Å². The molecule has 190 valence electrons. The first-order chi connectivity index (χ1) is 18.4. The molecule has 0 bridgehead atoms. The van der Waals surface area contributed by atoms with Gasteiger partial charge in [-0.25, -0.2) is 14.6 Å². The second-order valence-electron chi connectivity index (χ2n) is 8.52. The van der Waals surface area contributed by atoms with Crippen molar-refractivity contribution in [3.8, 4) is 5.69 Å². The molecule has 8 nitrogen and oxygen atoms in total. The Bertz CT molecular complexity index is 1530. The van der Waals surface area contributed by atoms with E-state index < -0.39 is 0 Å². The number of hydrogen-bond acceptors (Lipinski definition) is 7. The molecule has 0 fully saturated rings. The zero-order chi connectivity index (χ0) is 26.5. The van der Waals surface area contributed by atoms with Crippen molar-refractivity contribution in [2.45, 2.75) is 24.8 Å². The number of hydrogen-bond donors (Lipinski definition) is 2. The quantitative estimate of drug-likeness (QED) is 0.154. The van der Waals surface area contributed by atoms with Gasteiger partial charge >= 0.3 is 0 Å². The fraction of sp³-hybridized carbons (Fsp3) is 0.107. The Balaban J connectivity index is 1.38. The van der Waals surface area contributed by atoms with E-state index in [1.54, 1.807) is 4.68 Å². The van der Waals surface area contributed by atoms with E-state index in [1.165, 1.54) is 11.8 Å². The van der Waals surface area contributed by atoms with Crippen LogP contribution in [0, 0.1) is 13.8 Å². The molecule has 10 heteroatoms. The second-order valence-corrected chi connectivity index (χ2v) is 10.4. The van der Waals surface area contributed by atoms with E-state index in [0.717, 1.165) is 32.9 Å². The second kappa shape index (κ2) is 11.6. The van der Waals surface area contributed by atoms with Gasteiger partial charge in [0.05, 0.1) is 11.4 Å². The van der Waals surface area contributed by atoms with Gasteiger partial charge in [-0.05, 0) is 80.6 Å². The lowest BCUT2D eigenvalue weighted by Crippen LogP contribution is -2.15. The van der Waals surface area contributed by atoms with Gasteiger partial charge in [0.2, 0.25) is 0 Å². The Labute approximate surface area is 233 Å². The van der Waals surface area contributed by atoms with Gasteiger partial charge in [-0.15, -0.1) is 5.10 Å². The summed E-state index contributed by atoms with van der Waals surface area (Å²) in [6, 6.07) is 27.0. The smallest absolute Gasteiger partial charge is 0.278 e. The minimum Gasteiger partial charge on any atom is -0.356 e. The number of para-hydroxylation sites is 1. The highest BCUT2D eigenvalue weighted by molar-refractivity contribution is 9.10. The van der Waals surface area contributed by atoms with Crippen LogP contribution in [0.15, 0.2) is 94.6 Å². The van der Waals surface area contributed by atoms with Crippen molar-refractivity contribution in [1.82, 2.24) is 25.0 Å². The molecule has 3 aromatic carbocycles. The van der Waals surface area contributed by atoms with E-state index >= 15 is 0 Å². The first-order valence-electron chi connectivity index (χ1n) is 11.8. The van der Waals surface area contributed by atoms with Gasteiger partial charge in [-0.3, -0.25) is 4.79 Å². The molecule has 0 aliphatic carbocycles. The maximum atomic E-state index is 13.3. The van der Waals surface area contributed by atoms with Crippen LogP contribution in [-0.2, 0) is 5.75 Å². The molecular formula is C28H24BrN7OS. The molecule has 0 aliphatic heterocycles. The van der Waals surface area contributed by atoms with Crippen LogP contribution in [0.25, 0.3) is 5.69 Å². The van der Waals surface area contributed by atoms with Crippen LogP contribution >= 0.6 is 27.7 Å². The van der Waals surface area contributed by atoms with Gasteiger partial charge in [0, 0.05) is 38.7 Å². The number of aromatic nitrogens is 5. The summed E-state index contributed by atoms with van der Waals surface area (Å²) in [6.07, 6.45) is 0. The van der Waals surface area contributed by atoms with Crippen LogP contribution in [0.4, 0.5) is 17.1 Å². The lowest BCUT2D eigenvalue weighted by molar-refractivity contribution is 0.102. The minimum absolute atomic E-state index is 0.247. The summed E-state index contributed by atoms with van der Waals surface area (Å²) in [5.41, 5.74) is 6.04. The van der Waals surface area contributed by atoms with Crippen molar-refractivity contribution >= 4 is 50.7 Å². The summed E-state index contributed by atoms with van der Waals surface area (Å²) in [5, 5.41) is 15.5. The summed E-state index contributed by atoms with van der Waals surface area (Å²) >= 11 is 4.90. The van der Waals surface area contributed by atoms with Crippen LogP contribution < -0.4 is 10.6 Å².